The molecule has 0 radical (unpaired) electrons. The average Bonchev–Trinajstić information content (AvgIpc) is 3.13. The van der Waals surface area contributed by atoms with Gasteiger partial charge < -0.3 is 0 Å². The predicted octanol–water partition coefficient (Wildman–Crippen LogP) is 5.51. The van der Waals surface area contributed by atoms with E-state index < -0.39 is 24.1 Å². The normalized spacial score (nSPS) is 18.0. The highest BCUT2D eigenvalue weighted by Crippen LogP contribution is 2.41. The number of aldehydes is 1. The highest BCUT2D eigenvalue weighted by atomic mass is 35.5. The molecule has 188 valence electrons. The Morgan fingerprint density at radius 3 is 2.38 bits per heavy atom. The van der Waals surface area contributed by atoms with Gasteiger partial charge in [-0.1, -0.05) is 29.8 Å². The molecule has 2 aliphatic rings. The van der Waals surface area contributed by atoms with Crippen LogP contribution in [0.4, 0.5) is 18.0 Å². The van der Waals surface area contributed by atoms with Crippen molar-refractivity contribution in [1.29, 1.82) is 0 Å². The summed E-state index contributed by atoms with van der Waals surface area (Å²) in [4.78, 5) is 34.1. The number of alkyl halides is 3. The Labute approximate surface area is 215 Å². The second-order valence-corrected chi connectivity index (χ2v) is 8.87. The molecule has 4 heterocycles. The number of allylic oxidation sites excluding steroid dienone is 2. The first-order valence-corrected chi connectivity index (χ1v) is 11.5. The minimum Gasteiger partial charge on any atom is -0.296 e. The number of benzene rings is 1. The zero-order valence-corrected chi connectivity index (χ0v) is 20.1. The van der Waals surface area contributed by atoms with Gasteiger partial charge in [-0.3, -0.25) is 19.7 Å². The molecule has 5 rings (SSSR count). The minimum absolute atomic E-state index is 0.144. The molecule has 2 aliphatic heterocycles. The molecule has 11 heteroatoms. The van der Waals surface area contributed by atoms with Crippen LogP contribution in [0.2, 0.25) is 5.02 Å². The van der Waals surface area contributed by atoms with Crippen LogP contribution in [-0.2, 0) is 12.7 Å². The molecule has 2 amide bonds. The summed E-state index contributed by atoms with van der Waals surface area (Å²) in [6.07, 6.45) is 1.83. The molecule has 7 nitrogen and oxygen atoms in total. The van der Waals surface area contributed by atoms with E-state index in [1.165, 1.54) is 16.0 Å². The van der Waals surface area contributed by atoms with E-state index in [2.05, 4.69) is 9.97 Å². The van der Waals surface area contributed by atoms with Crippen molar-refractivity contribution in [3.05, 3.63) is 106 Å². The highest BCUT2D eigenvalue weighted by molar-refractivity contribution is 6.30. The third-order valence-electron chi connectivity index (χ3n) is 6.27. The van der Waals surface area contributed by atoms with Gasteiger partial charge in [0.15, 0.2) is 6.29 Å². The predicted molar refractivity (Wildman–Crippen MR) is 131 cm³/mol. The number of nitrogens with zero attached hydrogens (tertiary/aromatic N) is 5. The van der Waals surface area contributed by atoms with Gasteiger partial charge in [-0.05, 0) is 53.1 Å². The van der Waals surface area contributed by atoms with Crippen molar-refractivity contribution in [1.82, 2.24) is 24.9 Å². The number of hydrogen-bond acceptors (Lipinski definition) is 5. The summed E-state index contributed by atoms with van der Waals surface area (Å²) in [5.41, 5.74) is 2.08. The molecule has 0 saturated carbocycles. The van der Waals surface area contributed by atoms with Crippen molar-refractivity contribution in [3.63, 3.8) is 0 Å². The van der Waals surface area contributed by atoms with Crippen LogP contribution in [0.5, 0.6) is 0 Å². The Balaban J connectivity index is 1.56. The molecule has 1 saturated heterocycles. The lowest BCUT2D eigenvalue weighted by molar-refractivity contribution is -0.141. The van der Waals surface area contributed by atoms with Gasteiger partial charge in [0.05, 0.1) is 6.54 Å². The van der Waals surface area contributed by atoms with Gasteiger partial charge in [-0.25, -0.2) is 9.78 Å². The van der Waals surface area contributed by atoms with Crippen molar-refractivity contribution in [2.75, 3.05) is 7.05 Å². The fourth-order valence-corrected chi connectivity index (χ4v) is 4.62. The molecule has 0 aliphatic carbocycles. The van der Waals surface area contributed by atoms with Crippen LogP contribution in [-0.4, -0.2) is 50.4 Å². The molecular formula is C26H19ClF3N5O2. The molecular weight excluding hydrogens is 507 g/mol. The lowest BCUT2D eigenvalue weighted by Gasteiger charge is -2.33. The molecule has 0 N–H and O–H groups in total. The van der Waals surface area contributed by atoms with Gasteiger partial charge in [0.1, 0.15) is 17.6 Å². The monoisotopic (exact) mass is 525 g/mol. The first kappa shape index (κ1) is 24.7. The maximum Gasteiger partial charge on any atom is 0.433 e. The van der Waals surface area contributed by atoms with Gasteiger partial charge in [-0.15, -0.1) is 0 Å². The molecule has 1 atom stereocenters. The first-order valence-electron chi connectivity index (χ1n) is 11.1. The maximum absolute atomic E-state index is 13.5. The van der Waals surface area contributed by atoms with Crippen molar-refractivity contribution < 1.29 is 22.8 Å². The van der Waals surface area contributed by atoms with Gasteiger partial charge in [-0.2, -0.15) is 18.2 Å². The summed E-state index contributed by atoms with van der Waals surface area (Å²) >= 11 is 6.09. The Bertz CT molecular complexity index is 1420. The van der Waals surface area contributed by atoms with E-state index in [1.54, 1.807) is 42.8 Å². The van der Waals surface area contributed by atoms with E-state index in [1.807, 2.05) is 30.3 Å². The zero-order valence-electron chi connectivity index (χ0n) is 19.4. The van der Waals surface area contributed by atoms with Gasteiger partial charge >= 0.3 is 12.2 Å². The van der Waals surface area contributed by atoms with Crippen LogP contribution < -0.4 is 0 Å². The number of urea groups is 1. The van der Waals surface area contributed by atoms with Crippen LogP contribution in [0.25, 0.3) is 11.1 Å². The molecule has 1 fully saturated rings. The molecule has 1 unspecified atom stereocenters. The van der Waals surface area contributed by atoms with E-state index >= 15 is 0 Å². The van der Waals surface area contributed by atoms with Crippen molar-refractivity contribution in [2.45, 2.75) is 18.9 Å². The Kier molecular flexibility index (Phi) is 6.30. The number of amides is 2. The standard InChI is InChI=1S/C26H19ClF3N5O2/c1-33-24-23(17-8-11-31-12-9-17)20(16-2-5-19(27)6-3-16)10-13-34(24)25(37)35(33)14-18-4-7-22(26(28,29)30)32-21(18)15-36/h2-13,15,24H,14H2,1H3. The molecule has 2 aromatic heterocycles. The number of halogens is 4. The number of likely N-dealkylation sites (N-methyl/N-ethyl adjacent to an activating group) is 1. The van der Waals surface area contributed by atoms with Crippen LogP contribution in [0.1, 0.15) is 32.9 Å². The minimum atomic E-state index is -4.69. The fourth-order valence-electron chi connectivity index (χ4n) is 4.49. The molecule has 0 bridgehead atoms. The summed E-state index contributed by atoms with van der Waals surface area (Å²) < 4.78 is 39.3. The van der Waals surface area contributed by atoms with Crippen LogP contribution in [0.3, 0.4) is 0 Å². The van der Waals surface area contributed by atoms with Crippen LogP contribution in [0, 0.1) is 0 Å². The van der Waals surface area contributed by atoms with E-state index in [0.717, 1.165) is 28.3 Å². The number of hydrazine groups is 1. The highest BCUT2D eigenvalue weighted by Gasteiger charge is 2.46. The number of carbonyl (C=O) groups is 2. The smallest absolute Gasteiger partial charge is 0.296 e. The first-order chi connectivity index (χ1) is 17.7. The quantitative estimate of drug-likeness (QED) is 0.411. The van der Waals surface area contributed by atoms with Gasteiger partial charge in [0.25, 0.3) is 0 Å². The zero-order chi connectivity index (χ0) is 26.3. The van der Waals surface area contributed by atoms with Gasteiger partial charge in [0.2, 0.25) is 0 Å². The van der Waals surface area contributed by atoms with E-state index in [9.17, 15) is 22.8 Å². The Morgan fingerprint density at radius 1 is 1.03 bits per heavy atom. The number of rotatable bonds is 5. The van der Waals surface area contributed by atoms with E-state index in [0.29, 0.717) is 5.02 Å². The number of carbonyl (C=O) groups excluding carboxylic acids is 2. The number of hydrogen-bond donors (Lipinski definition) is 0. The van der Waals surface area contributed by atoms with E-state index in [4.69, 9.17) is 11.6 Å². The largest absolute Gasteiger partial charge is 0.433 e. The summed E-state index contributed by atoms with van der Waals surface area (Å²) in [6.45, 7) is -0.144. The topological polar surface area (TPSA) is 69.6 Å². The lowest BCUT2D eigenvalue weighted by Crippen LogP contribution is -2.40. The molecule has 3 aromatic rings. The molecule has 1 aromatic carbocycles. The molecule has 37 heavy (non-hydrogen) atoms. The number of fused-ring (bicyclic) bond motifs is 1. The Hall–Kier alpha value is -4.02. The number of aromatic nitrogens is 2. The summed E-state index contributed by atoms with van der Waals surface area (Å²) in [7, 11) is 1.71. The van der Waals surface area contributed by atoms with Crippen molar-refractivity contribution in [3.8, 4) is 0 Å². The summed E-state index contributed by atoms with van der Waals surface area (Å²) in [5, 5.41) is 3.66. The van der Waals surface area contributed by atoms with E-state index in [-0.39, 0.29) is 24.1 Å². The second-order valence-electron chi connectivity index (χ2n) is 8.44. The van der Waals surface area contributed by atoms with Crippen LogP contribution >= 0.6 is 11.6 Å². The second kappa shape index (κ2) is 9.45. The third-order valence-corrected chi connectivity index (χ3v) is 6.52. The van der Waals surface area contributed by atoms with Crippen molar-refractivity contribution >= 4 is 35.1 Å². The lowest BCUT2D eigenvalue weighted by atomic mass is 9.90. The Morgan fingerprint density at radius 2 is 1.73 bits per heavy atom. The van der Waals surface area contributed by atoms with Gasteiger partial charge in [0, 0.05) is 41.8 Å². The maximum atomic E-state index is 13.5. The summed E-state index contributed by atoms with van der Waals surface area (Å²) in [5.74, 6) is 0. The van der Waals surface area contributed by atoms with Crippen molar-refractivity contribution in [2.24, 2.45) is 0 Å². The summed E-state index contributed by atoms with van der Waals surface area (Å²) in [6, 6.07) is 12.6. The number of pyridine rings is 2. The third kappa shape index (κ3) is 4.49. The SMILES string of the molecule is CN1C2C(c3ccncc3)=C(c3ccc(Cl)cc3)C=CN2C(=O)N1Cc1ccc(C(F)(F)F)nc1C=O. The average molecular weight is 526 g/mol. The molecule has 0 spiro atoms. The fraction of sp³-hybridized carbons (Fsp3) is 0.154. The van der Waals surface area contributed by atoms with Crippen LogP contribution in [0.15, 0.2) is 73.2 Å².